The van der Waals surface area contributed by atoms with Gasteiger partial charge in [-0.1, -0.05) is 44.2 Å². The van der Waals surface area contributed by atoms with Crippen molar-refractivity contribution in [3.63, 3.8) is 0 Å². The van der Waals surface area contributed by atoms with Crippen molar-refractivity contribution in [2.24, 2.45) is 0 Å². The summed E-state index contributed by atoms with van der Waals surface area (Å²) in [6.45, 7) is 8.89. The fourth-order valence-corrected chi connectivity index (χ4v) is 6.23. The lowest BCUT2D eigenvalue weighted by molar-refractivity contribution is -0.204. The van der Waals surface area contributed by atoms with Crippen LogP contribution in [0.4, 0.5) is 17.1 Å². The fourth-order valence-electron chi connectivity index (χ4n) is 6.23. The van der Waals surface area contributed by atoms with Crippen molar-refractivity contribution >= 4 is 34.8 Å². The normalized spacial score (nSPS) is 13.5. The minimum atomic E-state index is -0.583. The zero-order valence-electron chi connectivity index (χ0n) is 30.5. The summed E-state index contributed by atoms with van der Waals surface area (Å²) in [6.07, 6.45) is 11.9. The van der Waals surface area contributed by atoms with E-state index in [1.165, 1.54) is 0 Å². The Hall–Kier alpha value is -4.58. The molecule has 2 N–H and O–H groups in total. The molecule has 4 rings (SSSR count). The molecular formula is C39H53N5O7. The van der Waals surface area contributed by atoms with Crippen LogP contribution in [0.5, 0.6) is 0 Å². The van der Waals surface area contributed by atoms with Crippen LogP contribution in [0.2, 0.25) is 0 Å². The first kappa shape index (κ1) is 39.2. The van der Waals surface area contributed by atoms with Crippen molar-refractivity contribution in [3.05, 3.63) is 80.4 Å². The highest BCUT2D eigenvalue weighted by atomic mass is 16.7. The van der Waals surface area contributed by atoms with Crippen LogP contribution in [-0.2, 0) is 25.6 Å². The summed E-state index contributed by atoms with van der Waals surface area (Å²) in [7, 11) is 0. The molecule has 0 atom stereocenters. The number of amides is 2. The van der Waals surface area contributed by atoms with Gasteiger partial charge in [0.2, 0.25) is 5.91 Å². The largest absolute Gasteiger partial charge is 0.460 e. The number of carbonyl (C=O) groups excluding carboxylic acids is 3. The van der Waals surface area contributed by atoms with E-state index in [-0.39, 0.29) is 42.5 Å². The number of anilines is 3. The van der Waals surface area contributed by atoms with Crippen molar-refractivity contribution in [2.45, 2.75) is 110 Å². The standard InChI is InChI=1S/C39H53N5O7/c1-5-43(38(49)29-15-13-14-28(26-29)27-33(46)51-39(2,3)4)24-25-50-44(31-16-9-8-10-17-31)32(45)18-11-6-7-12-21-41-34-35(37(48)36(34)47)42-30-19-22-40-23-20-30/h13-15,19-20,22-23,26,31,41H,5-12,16-18,21,24-25,27H2,1-4H3,(H,40,42). The highest BCUT2D eigenvalue weighted by molar-refractivity contribution is 5.94. The molecule has 0 radical (unpaired) electrons. The molecule has 1 fully saturated rings. The summed E-state index contributed by atoms with van der Waals surface area (Å²) in [5.41, 5.74) is 0.826. The van der Waals surface area contributed by atoms with E-state index in [1.54, 1.807) is 52.7 Å². The molecule has 0 bridgehead atoms. The van der Waals surface area contributed by atoms with Gasteiger partial charge in [0.25, 0.3) is 16.8 Å². The molecule has 0 aliphatic heterocycles. The molecule has 12 heteroatoms. The Labute approximate surface area is 300 Å². The van der Waals surface area contributed by atoms with Gasteiger partial charge in [-0.05, 0) is 83.2 Å². The number of esters is 1. The van der Waals surface area contributed by atoms with E-state index in [0.29, 0.717) is 55.0 Å². The van der Waals surface area contributed by atoms with Gasteiger partial charge in [0.05, 0.1) is 19.1 Å². The molecule has 2 aromatic carbocycles. The summed E-state index contributed by atoms with van der Waals surface area (Å²) < 4.78 is 5.43. The van der Waals surface area contributed by atoms with Gasteiger partial charge in [0.1, 0.15) is 17.0 Å². The van der Waals surface area contributed by atoms with Crippen LogP contribution >= 0.6 is 0 Å². The lowest BCUT2D eigenvalue weighted by Crippen LogP contribution is -2.43. The highest BCUT2D eigenvalue weighted by Gasteiger charge is 2.27. The first-order valence-corrected chi connectivity index (χ1v) is 18.3. The Morgan fingerprint density at radius 2 is 1.63 bits per heavy atom. The van der Waals surface area contributed by atoms with E-state index >= 15 is 0 Å². The number of pyridine rings is 1. The maximum absolute atomic E-state index is 13.4. The zero-order chi connectivity index (χ0) is 36.8. The van der Waals surface area contributed by atoms with E-state index in [9.17, 15) is 24.0 Å². The summed E-state index contributed by atoms with van der Waals surface area (Å²) in [6, 6.07) is 10.5. The number of nitrogens with one attached hydrogen (secondary N) is 2. The van der Waals surface area contributed by atoms with Gasteiger partial charge in [-0.3, -0.25) is 33.8 Å². The van der Waals surface area contributed by atoms with Crippen LogP contribution < -0.4 is 21.5 Å². The van der Waals surface area contributed by atoms with Gasteiger partial charge < -0.3 is 20.3 Å². The van der Waals surface area contributed by atoms with E-state index in [2.05, 4.69) is 15.6 Å². The number of ether oxygens (including phenoxy) is 1. The van der Waals surface area contributed by atoms with Crippen LogP contribution in [0.25, 0.3) is 0 Å². The smallest absolute Gasteiger partial charge is 0.310 e. The van der Waals surface area contributed by atoms with Crippen LogP contribution in [-0.4, -0.2) is 70.6 Å². The van der Waals surface area contributed by atoms with E-state index in [0.717, 1.165) is 51.4 Å². The summed E-state index contributed by atoms with van der Waals surface area (Å²) in [5, 5.41) is 7.65. The molecule has 0 saturated heterocycles. The zero-order valence-corrected chi connectivity index (χ0v) is 30.5. The van der Waals surface area contributed by atoms with Crippen LogP contribution in [0.3, 0.4) is 0 Å². The number of benzene rings is 1. The van der Waals surface area contributed by atoms with Gasteiger partial charge in [0.15, 0.2) is 0 Å². The summed E-state index contributed by atoms with van der Waals surface area (Å²) in [4.78, 5) is 75.1. The Bertz CT molecular complexity index is 1660. The van der Waals surface area contributed by atoms with Crippen molar-refractivity contribution in [2.75, 3.05) is 36.9 Å². The van der Waals surface area contributed by atoms with E-state index < -0.39 is 16.5 Å². The number of hydrogen-bond acceptors (Lipinski definition) is 10. The quantitative estimate of drug-likeness (QED) is 0.0667. The average molecular weight is 704 g/mol. The lowest BCUT2D eigenvalue weighted by Gasteiger charge is -2.34. The van der Waals surface area contributed by atoms with Crippen LogP contribution in [0.15, 0.2) is 58.4 Å². The molecule has 1 saturated carbocycles. The maximum Gasteiger partial charge on any atom is 0.310 e. The molecule has 3 aromatic rings. The molecule has 51 heavy (non-hydrogen) atoms. The highest BCUT2D eigenvalue weighted by Crippen LogP contribution is 2.25. The first-order valence-electron chi connectivity index (χ1n) is 18.3. The molecule has 1 aliphatic carbocycles. The molecule has 1 aliphatic rings. The van der Waals surface area contributed by atoms with Gasteiger partial charge >= 0.3 is 5.97 Å². The molecule has 0 spiro atoms. The number of hydroxylamine groups is 2. The van der Waals surface area contributed by atoms with Crippen molar-refractivity contribution < 1.29 is 24.0 Å². The third-order valence-electron chi connectivity index (χ3n) is 8.83. The van der Waals surface area contributed by atoms with Gasteiger partial charge in [-0.15, -0.1) is 0 Å². The Kier molecular flexibility index (Phi) is 14.7. The van der Waals surface area contributed by atoms with Crippen molar-refractivity contribution in [3.8, 4) is 0 Å². The minimum absolute atomic E-state index is 0.0247. The third-order valence-corrected chi connectivity index (χ3v) is 8.83. The maximum atomic E-state index is 13.4. The van der Waals surface area contributed by atoms with Crippen molar-refractivity contribution in [1.82, 2.24) is 14.9 Å². The summed E-state index contributed by atoms with van der Waals surface area (Å²) >= 11 is 0. The topological polar surface area (TPSA) is 147 Å². The minimum Gasteiger partial charge on any atom is -0.460 e. The number of aromatic nitrogens is 1. The van der Waals surface area contributed by atoms with Crippen LogP contribution in [0, 0.1) is 0 Å². The number of carbonyl (C=O) groups is 3. The second kappa shape index (κ2) is 19.1. The Balaban J connectivity index is 1.21. The van der Waals surface area contributed by atoms with E-state index in [1.807, 2.05) is 33.8 Å². The molecule has 1 heterocycles. The van der Waals surface area contributed by atoms with Crippen molar-refractivity contribution in [1.29, 1.82) is 0 Å². The summed E-state index contributed by atoms with van der Waals surface area (Å²) in [5.74, 6) is -0.553. The van der Waals surface area contributed by atoms with E-state index in [4.69, 9.17) is 9.57 Å². The lowest BCUT2D eigenvalue weighted by atomic mass is 9.95. The number of likely N-dealkylation sites (N-methyl/N-ethyl adjacent to an activating group) is 1. The number of nitrogens with zero attached hydrogens (tertiary/aromatic N) is 3. The first-order chi connectivity index (χ1) is 24.5. The fraction of sp³-hybridized carbons (Fsp3) is 0.538. The average Bonchev–Trinajstić information content (AvgIpc) is 3.11. The van der Waals surface area contributed by atoms with Crippen LogP contribution in [0.1, 0.15) is 108 Å². The number of hydrogen-bond donors (Lipinski definition) is 2. The molecule has 1 aromatic heterocycles. The monoisotopic (exact) mass is 703 g/mol. The molecule has 2 amide bonds. The predicted octanol–water partition coefficient (Wildman–Crippen LogP) is 5.92. The molecule has 276 valence electrons. The van der Waals surface area contributed by atoms with Gasteiger partial charge in [-0.2, -0.15) is 0 Å². The SMILES string of the molecule is CCN(CCON(C(=O)CCCCCCNc1c(Nc2ccncc2)c(=O)c1=O)C1CCCCC1)C(=O)c1cccc(CC(=O)OC(C)(C)C)c1. The molecular weight excluding hydrogens is 650 g/mol. The Morgan fingerprint density at radius 3 is 2.33 bits per heavy atom. The number of unbranched alkanes of at least 4 members (excludes halogenated alkanes) is 3. The van der Waals surface area contributed by atoms with Gasteiger partial charge in [0, 0.05) is 49.7 Å². The van der Waals surface area contributed by atoms with Gasteiger partial charge in [-0.25, -0.2) is 5.06 Å². The molecule has 12 nitrogen and oxygen atoms in total. The Morgan fingerprint density at radius 1 is 0.922 bits per heavy atom. The predicted molar refractivity (Wildman–Crippen MR) is 198 cm³/mol. The molecule has 0 unspecified atom stereocenters. The second-order valence-corrected chi connectivity index (χ2v) is 14.1. The third kappa shape index (κ3) is 12.0. The number of rotatable bonds is 19. The second-order valence-electron chi connectivity index (χ2n) is 14.1.